The molecule has 1 saturated heterocycles. The number of para-hydroxylation sites is 1. The fourth-order valence-corrected chi connectivity index (χ4v) is 2.81. The zero-order chi connectivity index (χ0) is 14.1. The van der Waals surface area contributed by atoms with Gasteiger partial charge < -0.3 is 9.64 Å². The smallest absolute Gasteiger partial charge is 0.153 e. The standard InChI is InChI=1S/C16H18N2O2/c1-11-8-18(9-12(2)20-11)16-14(10-19)7-13-5-3-4-6-15(13)17-16/h3-7,10-12H,8-9H2,1-2H3. The van der Waals surface area contributed by atoms with E-state index >= 15 is 0 Å². The van der Waals surface area contributed by atoms with E-state index in [2.05, 4.69) is 9.88 Å². The molecule has 20 heavy (non-hydrogen) atoms. The van der Waals surface area contributed by atoms with Gasteiger partial charge in [-0.25, -0.2) is 4.98 Å². The molecular formula is C16H18N2O2. The maximum atomic E-state index is 11.4. The van der Waals surface area contributed by atoms with Gasteiger partial charge in [0.15, 0.2) is 6.29 Å². The maximum absolute atomic E-state index is 11.4. The summed E-state index contributed by atoms with van der Waals surface area (Å²) in [6, 6.07) is 9.78. The number of carbonyl (C=O) groups excluding carboxylic acids is 1. The SMILES string of the molecule is CC1CN(c2nc3ccccc3cc2C=O)CC(C)O1. The van der Waals surface area contributed by atoms with Gasteiger partial charge in [-0.15, -0.1) is 0 Å². The van der Waals surface area contributed by atoms with Crippen LogP contribution in [0.5, 0.6) is 0 Å². The molecule has 1 aliphatic heterocycles. The predicted molar refractivity (Wildman–Crippen MR) is 79.4 cm³/mol. The van der Waals surface area contributed by atoms with Gasteiger partial charge in [0.1, 0.15) is 5.82 Å². The molecule has 0 N–H and O–H groups in total. The Morgan fingerprint density at radius 2 is 1.95 bits per heavy atom. The number of morpholine rings is 1. The largest absolute Gasteiger partial charge is 0.372 e. The summed E-state index contributed by atoms with van der Waals surface area (Å²) in [7, 11) is 0. The number of nitrogens with zero attached hydrogens (tertiary/aromatic N) is 2. The lowest BCUT2D eigenvalue weighted by molar-refractivity contribution is -0.00548. The second-order valence-corrected chi connectivity index (χ2v) is 5.37. The average Bonchev–Trinajstić information content (AvgIpc) is 2.44. The lowest BCUT2D eigenvalue weighted by Gasteiger charge is -2.36. The van der Waals surface area contributed by atoms with Gasteiger partial charge in [0.2, 0.25) is 0 Å². The molecule has 2 unspecified atom stereocenters. The number of pyridine rings is 1. The first-order valence-electron chi connectivity index (χ1n) is 6.92. The average molecular weight is 270 g/mol. The summed E-state index contributed by atoms with van der Waals surface area (Å²) < 4.78 is 5.74. The fourth-order valence-electron chi connectivity index (χ4n) is 2.81. The lowest BCUT2D eigenvalue weighted by Crippen LogP contribution is -2.46. The van der Waals surface area contributed by atoms with E-state index < -0.39 is 0 Å². The van der Waals surface area contributed by atoms with Crippen molar-refractivity contribution in [2.24, 2.45) is 0 Å². The zero-order valence-electron chi connectivity index (χ0n) is 11.7. The van der Waals surface area contributed by atoms with Crippen LogP contribution < -0.4 is 4.90 Å². The highest BCUT2D eigenvalue weighted by atomic mass is 16.5. The quantitative estimate of drug-likeness (QED) is 0.787. The number of hydrogen-bond donors (Lipinski definition) is 0. The van der Waals surface area contributed by atoms with Gasteiger partial charge in [-0.3, -0.25) is 4.79 Å². The topological polar surface area (TPSA) is 42.4 Å². The van der Waals surface area contributed by atoms with E-state index in [0.29, 0.717) is 5.56 Å². The van der Waals surface area contributed by atoms with E-state index in [1.807, 2.05) is 44.2 Å². The van der Waals surface area contributed by atoms with Crippen molar-refractivity contribution in [3.05, 3.63) is 35.9 Å². The molecule has 0 radical (unpaired) electrons. The van der Waals surface area contributed by atoms with Crippen LogP contribution in [0, 0.1) is 0 Å². The van der Waals surface area contributed by atoms with Gasteiger partial charge in [0.05, 0.1) is 23.3 Å². The molecule has 1 aliphatic rings. The first-order chi connectivity index (χ1) is 9.67. The molecule has 0 bridgehead atoms. The summed E-state index contributed by atoms with van der Waals surface area (Å²) >= 11 is 0. The van der Waals surface area contributed by atoms with Crippen molar-refractivity contribution < 1.29 is 9.53 Å². The van der Waals surface area contributed by atoms with Crippen molar-refractivity contribution >= 4 is 23.0 Å². The molecule has 2 aromatic rings. The van der Waals surface area contributed by atoms with Crippen LogP contribution in [0.1, 0.15) is 24.2 Å². The Labute approximate surface area is 118 Å². The Morgan fingerprint density at radius 3 is 2.65 bits per heavy atom. The van der Waals surface area contributed by atoms with Gasteiger partial charge in [0, 0.05) is 18.5 Å². The zero-order valence-corrected chi connectivity index (χ0v) is 11.7. The van der Waals surface area contributed by atoms with Crippen LogP contribution in [-0.4, -0.2) is 36.6 Å². The van der Waals surface area contributed by atoms with Crippen molar-refractivity contribution in [3.63, 3.8) is 0 Å². The molecule has 0 aliphatic carbocycles. The number of aromatic nitrogens is 1. The van der Waals surface area contributed by atoms with Crippen LogP contribution in [0.4, 0.5) is 5.82 Å². The van der Waals surface area contributed by atoms with Crippen LogP contribution in [-0.2, 0) is 4.74 Å². The number of carbonyl (C=O) groups is 1. The van der Waals surface area contributed by atoms with Gasteiger partial charge >= 0.3 is 0 Å². The number of ether oxygens (including phenoxy) is 1. The molecule has 4 nitrogen and oxygen atoms in total. The predicted octanol–water partition coefficient (Wildman–Crippen LogP) is 2.66. The third kappa shape index (κ3) is 2.39. The Balaban J connectivity index is 2.07. The minimum Gasteiger partial charge on any atom is -0.372 e. The van der Waals surface area contributed by atoms with E-state index in [1.54, 1.807) is 0 Å². The number of fused-ring (bicyclic) bond motifs is 1. The van der Waals surface area contributed by atoms with Crippen molar-refractivity contribution in [1.82, 2.24) is 4.98 Å². The van der Waals surface area contributed by atoms with Crippen LogP contribution in [0.2, 0.25) is 0 Å². The number of anilines is 1. The summed E-state index contributed by atoms with van der Waals surface area (Å²) in [4.78, 5) is 18.2. The highest BCUT2D eigenvalue weighted by Crippen LogP contribution is 2.25. The van der Waals surface area contributed by atoms with E-state index in [-0.39, 0.29) is 12.2 Å². The van der Waals surface area contributed by atoms with Gasteiger partial charge in [-0.1, -0.05) is 18.2 Å². The summed E-state index contributed by atoms with van der Waals surface area (Å²) in [5, 5.41) is 0.993. The van der Waals surface area contributed by atoms with Crippen molar-refractivity contribution in [1.29, 1.82) is 0 Å². The Kier molecular flexibility index (Phi) is 3.40. The number of aldehydes is 1. The minimum absolute atomic E-state index is 0.145. The first-order valence-corrected chi connectivity index (χ1v) is 6.92. The molecule has 1 aromatic carbocycles. The van der Waals surface area contributed by atoms with Gasteiger partial charge in [-0.2, -0.15) is 0 Å². The molecule has 1 fully saturated rings. The summed E-state index contributed by atoms with van der Waals surface area (Å²) in [5.74, 6) is 0.765. The van der Waals surface area contributed by atoms with Crippen LogP contribution in [0.15, 0.2) is 30.3 Å². The summed E-state index contributed by atoms with van der Waals surface area (Å²) in [6.07, 6.45) is 1.18. The number of benzene rings is 1. The molecule has 1 aromatic heterocycles. The third-order valence-corrected chi connectivity index (χ3v) is 3.58. The summed E-state index contributed by atoms with van der Waals surface area (Å²) in [6.45, 7) is 5.61. The third-order valence-electron chi connectivity index (χ3n) is 3.58. The van der Waals surface area contributed by atoms with Crippen LogP contribution in [0.25, 0.3) is 10.9 Å². The molecule has 0 spiro atoms. The second kappa shape index (κ2) is 5.21. The molecule has 4 heteroatoms. The van der Waals surface area contributed by atoms with E-state index in [0.717, 1.165) is 36.1 Å². The summed E-state index contributed by atoms with van der Waals surface area (Å²) in [5.41, 5.74) is 1.56. The Morgan fingerprint density at radius 1 is 1.25 bits per heavy atom. The Hall–Kier alpha value is -1.94. The molecule has 2 atom stereocenters. The number of rotatable bonds is 2. The Bertz CT molecular complexity index is 631. The molecular weight excluding hydrogens is 252 g/mol. The molecule has 3 rings (SSSR count). The normalized spacial score (nSPS) is 23.0. The number of hydrogen-bond acceptors (Lipinski definition) is 4. The van der Waals surface area contributed by atoms with Crippen LogP contribution >= 0.6 is 0 Å². The monoisotopic (exact) mass is 270 g/mol. The first kappa shape index (κ1) is 13.1. The van der Waals surface area contributed by atoms with Crippen molar-refractivity contribution in [2.45, 2.75) is 26.1 Å². The van der Waals surface area contributed by atoms with Crippen LogP contribution in [0.3, 0.4) is 0 Å². The molecule has 0 amide bonds. The van der Waals surface area contributed by atoms with Gasteiger partial charge in [-0.05, 0) is 26.0 Å². The van der Waals surface area contributed by atoms with Crippen molar-refractivity contribution in [3.8, 4) is 0 Å². The van der Waals surface area contributed by atoms with E-state index in [9.17, 15) is 4.79 Å². The van der Waals surface area contributed by atoms with Gasteiger partial charge in [0.25, 0.3) is 0 Å². The van der Waals surface area contributed by atoms with E-state index in [4.69, 9.17) is 4.74 Å². The second-order valence-electron chi connectivity index (χ2n) is 5.37. The maximum Gasteiger partial charge on any atom is 0.153 e. The highest BCUT2D eigenvalue weighted by Gasteiger charge is 2.25. The fraction of sp³-hybridized carbons (Fsp3) is 0.375. The van der Waals surface area contributed by atoms with E-state index in [1.165, 1.54) is 0 Å². The molecule has 0 saturated carbocycles. The molecule has 104 valence electrons. The minimum atomic E-state index is 0.145. The van der Waals surface area contributed by atoms with Crippen molar-refractivity contribution in [2.75, 3.05) is 18.0 Å². The highest BCUT2D eigenvalue weighted by molar-refractivity contribution is 5.91. The lowest BCUT2D eigenvalue weighted by atomic mass is 10.1. The molecule has 2 heterocycles.